The van der Waals surface area contributed by atoms with E-state index in [9.17, 15) is 0 Å². The van der Waals surface area contributed by atoms with E-state index in [4.69, 9.17) is 0 Å². The quantitative estimate of drug-likeness (QED) is 0.264. The van der Waals surface area contributed by atoms with Crippen molar-refractivity contribution >= 4 is 76.2 Å². The summed E-state index contributed by atoms with van der Waals surface area (Å²) >= 11 is 0. The Bertz CT molecular complexity index is 9.80. The molecule has 0 aliphatic carbocycles. The van der Waals surface area contributed by atoms with Gasteiger partial charge in [0.05, 0.1) is 0 Å². The van der Waals surface area contributed by atoms with Crippen molar-refractivity contribution in [2.24, 2.45) is 0 Å². The van der Waals surface area contributed by atoms with E-state index in [1.807, 2.05) is 0 Å². The van der Waals surface area contributed by atoms with Gasteiger partial charge >= 0.3 is 76.2 Å². The van der Waals surface area contributed by atoms with Crippen LogP contribution in [0.3, 0.4) is 0 Å². The van der Waals surface area contributed by atoms with Crippen molar-refractivity contribution in [2.45, 2.75) is 0 Å². The zero-order chi connectivity index (χ0) is 0. The molecule has 0 saturated heterocycles. The summed E-state index contributed by atoms with van der Waals surface area (Å²) in [6.45, 7) is 0. The van der Waals surface area contributed by atoms with Gasteiger partial charge in [0, 0.05) is 0 Å². The van der Waals surface area contributed by atoms with Crippen molar-refractivity contribution in [2.75, 3.05) is 0 Å². The van der Waals surface area contributed by atoms with Crippen LogP contribution in [0.2, 0.25) is 0 Å². The maximum absolute atomic E-state index is 0. The molecule has 90 valence electrons. The van der Waals surface area contributed by atoms with Gasteiger partial charge in [0.2, 0.25) is 0 Å². The second-order valence-electron chi connectivity index (χ2n) is 0. The second-order valence-corrected chi connectivity index (χ2v) is 0. The van der Waals surface area contributed by atoms with Crippen molar-refractivity contribution in [1.29, 1.82) is 0 Å². The Balaban J connectivity index is 0. The maximum atomic E-state index is 0. The van der Waals surface area contributed by atoms with E-state index >= 15 is 0 Å². The van der Waals surface area contributed by atoms with Gasteiger partial charge in [-0.25, -0.2) is 0 Å². The molecule has 0 amide bonds. The number of hydrogen-bond donors (Lipinski definition) is 0. The SMILES string of the molecule is O.O.O.O.O.O.O.O.O.O.[BaH2].[PbH2]. The van der Waals surface area contributed by atoms with Crippen LogP contribution in [0.25, 0.3) is 0 Å². The zero-order valence-electron chi connectivity index (χ0n) is 5.71. The van der Waals surface area contributed by atoms with Gasteiger partial charge in [-0.05, 0) is 0 Å². The third-order valence-electron chi connectivity index (χ3n) is 0. The summed E-state index contributed by atoms with van der Waals surface area (Å²) in [4.78, 5) is 0. The van der Waals surface area contributed by atoms with Crippen LogP contribution in [-0.2, 0) is 0 Å². The molecule has 12 heteroatoms. The molecule has 2 radical (unpaired) electrons. The molecule has 0 bridgehead atoms. The third kappa shape index (κ3) is 340. The summed E-state index contributed by atoms with van der Waals surface area (Å²) in [5, 5.41) is 0. The van der Waals surface area contributed by atoms with Crippen molar-refractivity contribution in [1.82, 2.24) is 0 Å². The standard InChI is InChI=1S/Ba.10H2O.Pb.4H/h;10*1H2;;;;;. The average molecular weight is 529 g/mol. The van der Waals surface area contributed by atoms with Crippen molar-refractivity contribution in [3.63, 3.8) is 0 Å². The van der Waals surface area contributed by atoms with E-state index in [2.05, 4.69) is 0 Å². The van der Waals surface area contributed by atoms with Crippen LogP contribution in [0.4, 0.5) is 0 Å². The monoisotopic (exact) mass is 530 g/mol. The predicted octanol–water partition coefficient (Wildman–Crippen LogP) is -10.1. The van der Waals surface area contributed by atoms with Crippen LogP contribution in [-0.4, -0.2) is 131 Å². The molecule has 0 rings (SSSR count). The Morgan fingerprint density at radius 3 is 0.250 bits per heavy atom. The molecule has 0 unspecified atom stereocenters. The van der Waals surface area contributed by atoms with Crippen molar-refractivity contribution < 1.29 is 54.8 Å². The summed E-state index contributed by atoms with van der Waals surface area (Å²) < 4.78 is 0. The van der Waals surface area contributed by atoms with Gasteiger partial charge < -0.3 is 54.8 Å². The normalized spacial score (nSPS) is 0. The van der Waals surface area contributed by atoms with E-state index in [1.54, 1.807) is 0 Å². The molecule has 0 aliphatic heterocycles. The van der Waals surface area contributed by atoms with E-state index in [1.165, 1.54) is 0 Å². The fraction of sp³-hybridized carbons (Fsp3) is 0. The van der Waals surface area contributed by atoms with E-state index < -0.39 is 0 Å². The molecule has 0 heterocycles. The average Bonchev–Trinajstić information content (AvgIpc) is 0. The Labute approximate surface area is 129 Å². The van der Waals surface area contributed by atoms with Crippen molar-refractivity contribution in [3.8, 4) is 0 Å². The molecule has 0 spiro atoms. The minimum absolute atomic E-state index is 0. The molecule has 0 atom stereocenters. The summed E-state index contributed by atoms with van der Waals surface area (Å²) in [5.74, 6) is 0. The van der Waals surface area contributed by atoms with Gasteiger partial charge in [-0.2, -0.15) is 0 Å². The number of rotatable bonds is 0. The van der Waals surface area contributed by atoms with E-state index in [0.717, 1.165) is 0 Å². The molecular weight excluding hydrogens is 505 g/mol. The summed E-state index contributed by atoms with van der Waals surface area (Å²) in [5.41, 5.74) is 0. The first kappa shape index (κ1) is 551. The van der Waals surface area contributed by atoms with Gasteiger partial charge in [0.25, 0.3) is 0 Å². The summed E-state index contributed by atoms with van der Waals surface area (Å²) in [6, 6.07) is 0. The molecule has 12 heavy (non-hydrogen) atoms. The van der Waals surface area contributed by atoms with Gasteiger partial charge in [-0.1, -0.05) is 0 Å². The van der Waals surface area contributed by atoms with Crippen LogP contribution in [0.15, 0.2) is 0 Å². The van der Waals surface area contributed by atoms with Crippen LogP contribution < -0.4 is 0 Å². The topological polar surface area (TPSA) is 315 Å². The molecule has 0 aromatic carbocycles. The van der Waals surface area contributed by atoms with Crippen LogP contribution in [0, 0.1) is 0 Å². The fourth-order valence-electron chi connectivity index (χ4n) is 0. The predicted molar refractivity (Wildman–Crippen MR) is 53.2 cm³/mol. The van der Waals surface area contributed by atoms with Gasteiger partial charge in [0.1, 0.15) is 0 Å². The summed E-state index contributed by atoms with van der Waals surface area (Å²) in [6.07, 6.45) is 0. The Morgan fingerprint density at radius 1 is 0.250 bits per heavy atom. The fourth-order valence-corrected chi connectivity index (χ4v) is 0. The second kappa shape index (κ2) is 437. The minimum atomic E-state index is 0. The first-order valence-electron chi connectivity index (χ1n) is 0. The Morgan fingerprint density at radius 2 is 0.250 bits per heavy atom. The van der Waals surface area contributed by atoms with Crippen LogP contribution in [0.5, 0.6) is 0 Å². The zero-order valence-corrected chi connectivity index (χ0v) is 11.2. The molecular formula is H24BaO10Pb. The third-order valence-corrected chi connectivity index (χ3v) is 0. The molecule has 0 aromatic heterocycles. The van der Waals surface area contributed by atoms with Crippen LogP contribution in [0.1, 0.15) is 0 Å². The Hall–Kier alpha value is 2.09. The van der Waals surface area contributed by atoms with E-state index in [0.29, 0.717) is 0 Å². The van der Waals surface area contributed by atoms with Gasteiger partial charge in [0.15, 0.2) is 0 Å². The molecule has 10 nitrogen and oxygen atoms in total. The van der Waals surface area contributed by atoms with Crippen molar-refractivity contribution in [3.05, 3.63) is 0 Å². The molecule has 0 fully saturated rings. The van der Waals surface area contributed by atoms with Gasteiger partial charge in [-0.15, -0.1) is 0 Å². The molecule has 0 aliphatic rings. The first-order chi connectivity index (χ1) is 0. The first-order valence-corrected chi connectivity index (χ1v) is 0. The van der Waals surface area contributed by atoms with Crippen LogP contribution >= 0.6 is 0 Å². The summed E-state index contributed by atoms with van der Waals surface area (Å²) in [7, 11) is 0. The molecule has 20 N–H and O–H groups in total. The van der Waals surface area contributed by atoms with E-state index in [-0.39, 0.29) is 131 Å². The Kier molecular flexibility index (Phi) is 20100. The number of hydrogen-bond acceptors (Lipinski definition) is 0. The molecule has 0 aromatic rings. The molecule has 0 saturated carbocycles. The van der Waals surface area contributed by atoms with Gasteiger partial charge in [-0.3, -0.25) is 0 Å².